The van der Waals surface area contributed by atoms with Crippen LogP contribution in [-0.4, -0.2) is 9.55 Å². The quantitative estimate of drug-likeness (QED) is 0.671. The smallest absolute Gasteiger partial charge is 0.178 e. The van der Waals surface area contributed by atoms with Crippen LogP contribution in [0.25, 0.3) is 22.6 Å². The molecule has 3 aromatic rings. The number of benzene rings is 1. The second-order valence-corrected chi connectivity index (χ2v) is 3.65. The van der Waals surface area contributed by atoms with E-state index in [1.807, 2.05) is 41.0 Å². The van der Waals surface area contributed by atoms with Crippen LogP contribution in [0.2, 0.25) is 0 Å². The minimum Gasteiger partial charge on any atom is -0.461 e. The maximum absolute atomic E-state index is 8.89. The van der Waals surface area contributed by atoms with Crippen LogP contribution in [0.5, 0.6) is 0 Å². The Bertz CT molecular complexity index is 689. The topological polar surface area (TPSA) is 54.8 Å². The molecule has 0 aliphatic heterocycles. The van der Waals surface area contributed by atoms with Gasteiger partial charge in [-0.1, -0.05) is 12.1 Å². The molecule has 17 heavy (non-hydrogen) atoms. The van der Waals surface area contributed by atoms with Crippen molar-refractivity contribution in [2.24, 2.45) is 0 Å². The van der Waals surface area contributed by atoms with Crippen LogP contribution in [0, 0.1) is 11.3 Å². The second-order valence-electron chi connectivity index (χ2n) is 3.65. The zero-order valence-corrected chi connectivity index (χ0v) is 9.00. The Morgan fingerprint density at radius 1 is 1.24 bits per heavy atom. The number of hydrogen-bond donors (Lipinski definition) is 0. The van der Waals surface area contributed by atoms with Gasteiger partial charge in [-0.15, -0.1) is 0 Å². The predicted octanol–water partition coefficient (Wildman–Crippen LogP) is 2.82. The number of nitrogens with zero attached hydrogens (tertiary/aromatic N) is 3. The number of rotatable bonds is 2. The molecule has 3 rings (SSSR count). The summed E-state index contributed by atoms with van der Waals surface area (Å²) in [5.41, 5.74) is 1.81. The molecular formula is C13H9N3O. The van der Waals surface area contributed by atoms with Gasteiger partial charge >= 0.3 is 0 Å². The number of imidazole rings is 1. The van der Waals surface area contributed by atoms with E-state index in [0.29, 0.717) is 11.6 Å². The number of fused-ring (bicyclic) bond motifs is 1. The third-order valence-corrected chi connectivity index (χ3v) is 2.62. The highest BCUT2D eigenvalue weighted by atomic mass is 16.3. The molecular weight excluding hydrogens is 214 g/mol. The summed E-state index contributed by atoms with van der Waals surface area (Å²) in [6.45, 7) is 0.260. The molecule has 0 aliphatic carbocycles. The first-order valence-corrected chi connectivity index (χ1v) is 5.26. The van der Waals surface area contributed by atoms with Crippen LogP contribution in [0.1, 0.15) is 0 Å². The zero-order valence-electron chi connectivity index (χ0n) is 9.00. The molecule has 0 saturated carbocycles. The Morgan fingerprint density at radius 2 is 2.12 bits per heavy atom. The lowest BCUT2D eigenvalue weighted by Gasteiger charge is -2.01. The van der Waals surface area contributed by atoms with Crippen molar-refractivity contribution in [2.75, 3.05) is 0 Å². The molecule has 0 aliphatic rings. The molecule has 0 amide bonds. The van der Waals surface area contributed by atoms with Crippen molar-refractivity contribution in [1.29, 1.82) is 5.26 Å². The number of para-hydroxylation sites is 2. The lowest BCUT2D eigenvalue weighted by Crippen LogP contribution is -1.97. The van der Waals surface area contributed by atoms with Gasteiger partial charge in [-0.3, -0.25) is 0 Å². The standard InChI is InChI=1S/C13H9N3O/c14-7-8-16-11-5-2-1-4-10(11)15-13(16)12-6-3-9-17-12/h1-6,9H,8H2. The van der Waals surface area contributed by atoms with Crippen LogP contribution in [0.3, 0.4) is 0 Å². The molecule has 4 nitrogen and oxygen atoms in total. The first kappa shape index (κ1) is 9.67. The summed E-state index contributed by atoms with van der Waals surface area (Å²) < 4.78 is 7.20. The molecule has 0 fully saturated rings. The fraction of sp³-hybridized carbons (Fsp3) is 0.0769. The first-order chi connectivity index (χ1) is 8.40. The van der Waals surface area contributed by atoms with Crippen LogP contribution < -0.4 is 0 Å². The van der Waals surface area contributed by atoms with Gasteiger partial charge in [0.05, 0.1) is 23.4 Å². The molecule has 2 heterocycles. The van der Waals surface area contributed by atoms with E-state index in [1.165, 1.54) is 0 Å². The summed E-state index contributed by atoms with van der Waals surface area (Å²) in [6.07, 6.45) is 1.60. The van der Waals surface area contributed by atoms with E-state index in [2.05, 4.69) is 11.1 Å². The number of furan rings is 1. The molecule has 0 atom stereocenters. The normalized spacial score (nSPS) is 10.5. The minimum absolute atomic E-state index is 0.260. The maximum Gasteiger partial charge on any atom is 0.178 e. The van der Waals surface area contributed by atoms with Gasteiger partial charge < -0.3 is 8.98 Å². The van der Waals surface area contributed by atoms with E-state index in [9.17, 15) is 0 Å². The Balaban J connectivity index is 2.31. The van der Waals surface area contributed by atoms with E-state index in [1.54, 1.807) is 6.26 Å². The Morgan fingerprint density at radius 3 is 2.88 bits per heavy atom. The summed E-state index contributed by atoms with van der Waals surface area (Å²) in [7, 11) is 0. The third-order valence-electron chi connectivity index (χ3n) is 2.62. The zero-order chi connectivity index (χ0) is 11.7. The van der Waals surface area contributed by atoms with Gasteiger partial charge in [0.25, 0.3) is 0 Å². The molecule has 0 bridgehead atoms. The average Bonchev–Trinajstić information content (AvgIpc) is 2.97. The summed E-state index contributed by atoms with van der Waals surface area (Å²) in [6, 6.07) is 13.5. The number of nitriles is 1. The van der Waals surface area contributed by atoms with Crippen LogP contribution in [0.15, 0.2) is 47.1 Å². The molecule has 0 spiro atoms. The van der Waals surface area contributed by atoms with Gasteiger partial charge in [0.15, 0.2) is 11.6 Å². The van der Waals surface area contributed by atoms with Crippen molar-refractivity contribution < 1.29 is 4.42 Å². The van der Waals surface area contributed by atoms with Crippen molar-refractivity contribution in [3.63, 3.8) is 0 Å². The fourth-order valence-electron chi connectivity index (χ4n) is 1.90. The van der Waals surface area contributed by atoms with Crippen LogP contribution in [0.4, 0.5) is 0 Å². The first-order valence-electron chi connectivity index (χ1n) is 5.26. The summed E-state index contributed by atoms with van der Waals surface area (Å²) in [5, 5.41) is 8.89. The molecule has 0 radical (unpaired) electrons. The molecule has 82 valence electrons. The van der Waals surface area contributed by atoms with Crippen LogP contribution in [-0.2, 0) is 6.54 Å². The average molecular weight is 223 g/mol. The minimum atomic E-state index is 0.260. The van der Waals surface area contributed by atoms with E-state index in [0.717, 1.165) is 11.0 Å². The predicted molar refractivity (Wildman–Crippen MR) is 63.0 cm³/mol. The lowest BCUT2D eigenvalue weighted by molar-refractivity contribution is 0.573. The fourth-order valence-corrected chi connectivity index (χ4v) is 1.90. The van der Waals surface area contributed by atoms with Gasteiger partial charge in [0, 0.05) is 0 Å². The van der Waals surface area contributed by atoms with E-state index < -0.39 is 0 Å². The van der Waals surface area contributed by atoms with Crippen LogP contribution >= 0.6 is 0 Å². The van der Waals surface area contributed by atoms with Gasteiger partial charge in [-0.2, -0.15) is 5.26 Å². The van der Waals surface area contributed by atoms with Crippen molar-refractivity contribution in [3.8, 4) is 17.7 Å². The Kier molecular flexibility index (Phi) is 2.16. The Hall–Kier alpha value is -2.54. The van der Waals surface area contributed by atoms with E-state index >= 15 is 0 Å². The van der Waals surface area contributed by atoms with Crippen molar-refractivity contribution >= 4 is 11.0 Å². The highest BCUT2D eigenvalue weighted by Crippen LogP contribution is 2.24. The SMILES string of the molecule is N#CCn1c(-c2ccco2)nc2ccccc21. The molecule has 4 heteroatoms. The van der Waals surface area contributed by atoms with Gasteiger partial charge in [0.1, 0.15) is 6.54 Å². The Labute approximate surface area is 97.7 Å². The van der Waals surface area contributed by atoms with Crippen molar-refractivity contribution in [1.82, 2.24) is 9.55 Å². The number of hydrogen-bond acceptors (Lipinski definition) is 3. The summed E-state index contributed by atoms with van der Waals surface area (Å²) in [4.78, 5) is 4.49. The molecule has 0 saturated heterocycles. The van der Waals surface area contributed by atoms with Gasteiger partial charge in [-0.05, 0) is 24.3 Å². The van der Waals surface area contributed by atoms with Crippen molar-refractivity contribution in [3.05, 3.63) is 42.7 Å². The molecule has 2 aromatic heterocycles. The van der Waals surface area contributed by atoms with E-state index in [-0.39, 0.29) is 6.54 Å². The summed E-state index contributed by atoms with van der Waals surface area (Å²) in [5.74, 6) is 1.37. The second kappa shape index (κ2) is 3.80. The van der Waals surface area contributed by atoms with E-state index in [4.69, 9.17) is 9.68 Å². The molecule has 0 unspecified atom stereocenters. The lowest BCUT2D eigenvalue weighted by atomic mass is 10.3. The third kappa shape index (κ3) is 1.49. The highest BCUT2D eigenvalue weighted by molar-refractivity contribution is 5.79. The number of aromatic nitrogens is 2. The van der Waals surface area contributed by atoms with Gasteiger partial charge in [-0.25, -0.2) is 4.98 Å². The van der Waals surface area contributed by atoms with Gasteiger partial charge in [0.2, 0.25) is 0 Å². The largest absolute Gasteiger partial charge is 0.461 e. The molecule has 0 N–H and O–H groups in total. The van der Waals surface area contributed by atoms with Crippen molar-refractivity contribution in [2.45, 2.75) is 6.54 Å². The molecule has 1 aromatic carbocycles. The maximum atomic E-state index is 8.89. The monoisotopic (exact) mass is 223 g/mol. The highest BCUT2D eigenvalue weighted by Gasteiger charge is 2.13. The summed E-state index contributed by atoms with van der Waals surface area (Å²) >= 11 is 0.